The van der Waals surface area contributed by atoms with Gasteiger partial charge in [0, 0.05) is 6.04 Å². The van der Waals surface area contributed by atoms with Crippen molar-refractivity contribution in [1.29, 1.82) is 0 Å². The number of aromatic nitrogens is 2. The molecule has 5 nitrogen and oxygen atoms in total. The van der Waals surface area contributed by atoms with Crippen LogP contribution in [0.4, 0.5) is 5.69 Å². The maximum absolute atomic E-state index is 5.88. The van der Waals surface area contributed by atoms with Gasteiger partial charge in [-0.3, -0.25) is 0 Å². The van der Waals surface area contributed by atoms with E-state index in [1.165, 1.54) is 12.8 Å². The van der Waals surface area contributed by atoms with Gasteiger partial charge in [0.1, 0.15) is 12.3 Å². The van der Waals surface area contributed by atoms with Crippen LogP contribution in [0.15, 0.2) is 0 Å². The minimum Gasteiger partial charge on any atom is -0.474 e. The van der Waals surface area contributed by atoms with Crippen molar-refractivity contribution in [2.45, 2.75) is 32.2 Å². The van der Waals surface area contributed by atoms with E-state index in [0.717, 1.165) is 13.0 Å². The summed E-state index contributed by atoms with van der Waals surface area (Å²) in [5.41, 5.74) is 7.00. The van der Waals surface area contributed by atoms with Gasteiger partial charge in [-0.05, 0) is 45.0 Å². The predicted molar refractivity (Wildman–Crippen MR) is 72.0 cm³/mol. The molecule has 1 aromatic rings. The maximum Gasteiger partial charge on any atom is 0.241 e. The minimum absolute atomic E-state index is 0.175. The minimum atomic E-state index is 0.175. The van der Waals surface area contributed by atoms with Gasteiger partial charge >= 0.3 is 0 Å². The molecule has 0 spiro atoms. The molecule has 1 aliphatic heterocycles. The van der Waals surface area contributed by atoms with Gasteiger partial charge in [0.05, 0.1) is 5.69 Å². The summed E-state index contributed by atoms with van der Waals surface area (Å²) >= 11 is 5.80. The van der Waals surface area contributed by atoms with Crippen LogP contribution in [0, 0.1) is 6.92 Å². The molecule has 18 heavy (non-hydrogen) atoms. The van der Waals surface area contributed by atoms with Gasteiger partial charge in [0.2, 0.25) is 11.2 Å². The summed E-state index contributed by atoms with van der Waals surface area (Å²) in [5.74, 6) is 0.395. The van der Waals surface area contributed by atoms with Crippen LogP contribution < -0.4 is 10.5 Å². The number of likely N-dealkylation sites (N-methyl/N-ethyl adjacent to an activating group) is 1. The summed E-state index contributed by atoms with van der Waals surface area (Å²) in [6.07, 6.45) is 3.65. The highest BCUT2D eigenvalue weighted by Gasteiger charge is 2.20. The summed E-state index contributed by atoms with van der Waals surface area (Å²) in [5, 5.41) is 0.175. The van der Waals surface area contributed by atoms with Crippen molar-refractivity contribution in [3.05, 3.63) is 11.0 Å². The fourth-order valence-corrected chi connectivity index (χ4v) is 2.37. The number of halogens is 1. The summed E-state index contributed by atoms with van der Waals surface area (Å²) in [6, 6.07) is 0.423. The van der Waals surface area contributed by atoms with Gasteiger partial charge in [-0.1, -0.05) is 6.42 Å². The molecule has 0 aromatic carbocycles. The van der Waals surface area contributed by atoms with Crippen molar-refractivity contribution >= 4 is 17.3 Å². The molecule has 1 fully saturated rings. The second kappa shape index (κ2) is 5.71. The zero-order valence-corrected chi connectivity index (χ0v) is 11.6. The first-order valence-electron chi connectivity index (χ1n) is 6.20. The van der Waals surface area contributed by atoms with E-state index in [1.54, 1.807) is 6.92 Å². The zero-order valence-electron chi connectivity index (χ0n) is 10.8. The van der Waals surface area contributed by atoms with Crippen LogP contribution in [-0.2, 0) is 0 Å². The highest BCUT2D eigenvalue weighted by molar-refractivity contribution is 6.28. The molecule has 100 valence electrons. The average molecular weight is 271 g/mol. The lowest BCUT2D eigenvalue weighted by Gasteiger charge is -2.32. The number of anilines is 1. The van der Waals surface area contributed by atoms with E-state index in [-0.39, 0.29) is 5.28 Å². The molecule has 0 bridgehead atoms. The third-order valence-electron chi connectivity index (χ3n) is 3.41. The van der Waals surface area contributed by atoms with E-state index in [9.17, 15) is 0 Å². The normalized spacial score (nSPS) is 20.9. The standard InChI is InChI=1S/C12H19ClN4O/c1-8-10(14)11(16-12(13)15-8)18-7-9-5-3-4-6-17(9)2/h9H,3-7,14H2,1-2H3. The molecule has 2 N–H and O–H groups in total. The van der Waals surface area contributed by atoms with Crippen LogP contribution in [0.3, 0.4) is 0 Å². The quantitative estimate of drug-likeness (QED) is 0.850. The number of ether oxygens (including phenoxy) is 1. The summed E-state index contributed by atoms with van der Waals surface area (Å²) in [4.78, 5) is 10.3. The number of rotatable bonds is 3. The molecule has 1 atom stereocenters. The van der Waals surface area contributed by atoms with Crippen LogP contribution in [0.2, 0.25) is 5.28 Å². The van der Waals surface area contributed by atoms with Crippen LogP contribution >= 0.6 is 11.6 Å². The van der Waals surface area contributed by atoms with Crippen molar-refractivity contribution in [3.63, 3.8) is 0 Å². The lowest BCUT2D eigenvalue weighted by atomic mass is 10.0. The number of nitrogens with two attached hydrogens (primary N) is 1. The van der Waals surface area contributed by atoms with E-state index in [2.05, 4.69) is 21.9 Å². The first-order chi connectivity index (χ1) is 8.58. The van der Waals surface area contributed by atoms with Crippen LogP contribution in [0.5, 0.6) is 5.88 Å². The Kier molecular flexibility index (Phi) is 4.24. The van der Waals surface area contributed by atoms with Crippen LogP contribution in [0.1, 0.15) is 25.0 Å². The largest absolute Gasteiger partial charge is 0.474 e. The van der Waals surface area contributed by atoms with Gasteiger partial charge in [0.15, 0.2) is 0 Å². The third kappa shape index (κ3) is 3.03. The Morgan fingerprint density at radius 2 is 2.22 bits per heavy atom. The van der Waals surface area contributed by atoms with E-state index in [0.29, 0.717) is 29.9 Å². The fraction of sp³-hybridized carbons (Fsp3) is 0.667. The smallest absolute Gasteiger partial charge is 0.241 e. The van der Waals surface area contributed by atoms with Crippen molar-refractivity contribution in [2.75, 3.05) is 25.9 Å². The van der Waals surface area contributed by atoms with E-state index < -0.39 is 0 Å². The Morgan fingerprint density at radius 3 is 2.94 bits per heavy atom. The molecular formula is C12H19ClN4O. The molecule has 6 heteroatoms. The van der Waals surface area contributed by atoms with E-state index >= 15 is 0 Å². The molecule has 0 saturated carbocycles. The number of aryl methyl sites for hydroxylation is 1. The lowest BCUT2D eigenvalue weighted by Crippen LogP contribution is -2.40. The van der Waals surface area contributed by atoms with Gasteiger partial charge in [0.25, 0.3) is 0 Å². The maximum atomic E-state index is 5.88. The number of nitrogens with zero attached hydrogens (tertiary/aromatic N) is 3. The Morgan fingerprint density at radius 1 is 1.44 bits per heavy atom. The summed E-state index contributed by atoms with van der Waals surface area (Å²) in [7, 11) is 2.12. The monoisotopic (exact) mass is 270 g/mol. The number of piperidine rings is 1. The zero-order chi connectivity index (χ0) is 13.1. The van der Waals surface area contributed by atoms with Crippen molar-refractivity contribution < 1.29 is 4.74 Å². The van der Waals surface area contributed by atoms with E-state index in [1.807, 2.05) is 0 Å². The van der Waals surface area contributed by atoms with Crippen molar-refractivity contribution in [2.24, 2.45) is 0 Å². The second-order valence-electron chi connectivity index (χ2n) is 4.74. The number of hydrogen-bond acceptors (Lipinski definition) is 5. The highest BCUT2D eigenvalue weighted by Crippen LogP contribution is 2.24. The predicted octanol–water partition coefficient (Wildman–Crippen LogP) is 1.88. The SMILES string of the molecule is Cc1nc(Cl)nc(OCC2CCCCN2C)c1N. The second-order valence-corrected chi connectivity index (χ2v) is 5.08. The summed E-state index contributed by atoms with van der Waals surface area (Å²) in [6.45, 7) is 3.50. The van der Waals surface area contributed by atoms with E-state index in [4.69, 9.17) is 22.1 Å². The van der Waals surface area contributed by atoms with Crippen molar-refractivity contribution in [3.8, 4) is 5.88 Å². The fourth-order valence-electron chi connectivity index (χ4n) is 2.16. The number of likely N-dealkylation sites (tertiary alicyclic amines) is 1. The Labute approximate surface area is 112 Å². The van der Waals surface area contributed by atoms with Crippen LogP contribution in [-0.4, -0.2) is 41.1 Å². The number of nitrogen functional groups attached to an aromatic ring is 1. The van der Waals surface area contributed by atoms with Gasteiger partial charge in [-0.25, -0.2) is 4.98 Å². The molecule has 0 amide bonds. The molecule has 2 heterocycles. The van der Waals surface area contributed by atoms with Gasteiger partial charge < -0.3 is 15.4 Å². The van der Waals surface area contributed by atoms with Gasteiger partial charge in [-0.15, -0.1) is 0 Å². The molecule has 1 aliphatic rings. The lowest BCUT2D eigenvalue weighted by molar-refractivity contribution is 0.123. The molecule has 1 unspecified atom stereocenters. The Hall–Kier alpha value is -1.07. The first-order valence-corrected chi connectivity index (χ1v) is 6.58. The van der Waals surface area contributed by atoms with Gasteiger partial charge in [-0.2, -0.15) is 4.98 Å². The number of hydrogen-bond donors (Lipinski definition) is 1. The molecule has 1 saturated heterocycles. The highest BCUT2D eigenvalue weighted by atomic mass is 35.5. The average Bonchev–Trinajstić information content (AvgIpc) is 2.33. The summed E-state index contributed by atoms with van der Waals surface area (Å²) < 4.78 is 5.71. The third-order valence-corrected chi connectivity index (χ3v) is 3.58. The first kappa shape index (κ1) is 13.4. The topological polar surface area (TPSA) is 64.3 Å². The molecule has 0 radical (unpaired) electrons. The molecule has 0 aliphatic carbocycles. The van der Waals surface area contributed by atoms with Crippen LogP contribution in [0.25, 0.3) is 0 Å². The Bertz CT molecular complexity index is 427. The molecular weight excluding hydrogens is 252 g/mol. The molecule has 2 rings (SSSR count). The Balaban J connectivity index is 2.01. The van der Waals surface area contributed by atoms with Crippen molar-refractivity contribution in [1.82, 2.24) is 14.9 Å². The molecule has 1 aromatic heterocycles.